The highest BCUT2D eigenvalue weighted by Crippen LogP contribution is 2.19. The van der Waals surface area contributed by atoms with Gasteiger partial charge in [-0.05, 0) is 30.4 Å². The largest absolute Gasteiger partial charge is 0.466 e. The van der Waals surface area contributed by atoms with Gasteiger partial charge in [-0.3, -0.25) is 4.79 Å². The first-order chi connectivity index (χ1) is 10.2. The van der Waals surface area contributed by atoms with Gasteiger partial charge in [-0.15, -0.1) is 11.3 Å². The van der Waals surface area contributed by atoms with Crippen LogP contribution in [0.3, 0.4) is 0 Å². The monoisotopic (exact) mass is 298 g/mol. The van der Waals surface area contributed by atoms with Gasteiger partial charge >= 0.3 is 5.97 Å². The Bertz CT molecular complexity index is 681. The third kappa shape index (κ3) is 4.54. The number of methoxy groups -OCH3 is 1. The Kier molecular flexibility index (Phi) is 5.23. The summed E-state index contributed by atoms with van der Waals surface area (Å²) in [6, 6.07) is 12.9. The third-order valence-electron chi connectivity index (χ3n) is 2.69. The predicted octanol–water partition coefficient (Wildman–Crippen LogP) is 3.83. The molecule has 0 amide bonds. The Labute approximate surface area is 127 Å². The van der Waals surface area contributed by atoms with Crippen LogP contribution in [0, 0.1) is 0 Å². The van der Waals surface area contributed by atoms with E-state index in [1.165, 1.54) is 24.5 Å². The quantitative estimate of drug-likeness (QED) is 0.478. The average molecular weight is 298 g/mol. The maximum atomic E-state index is 11.9. The molecule has 0 spiro atoms. The van der Waals surface area contributed by atoms with Crippen LogP contribution in [0.4, 0.5) is 0 Å². The molecule has 0 saturated carbocycles. The average Bonchev–Trinajstić information content (AvgIpc) is 2.99. The zero-order valence-electron chi connectivity index (χ0n) is 11.5. The predicted molar refractivity (Wildman–Crippen MR) is 85.2 cm³/mol. The minimum atomic E-state index is -0.389. The number of ketones is 1. The van der Waals surface area contributed by atoms with E-state index in [2.05, 4.69) is 4.74 Å². The molecule has 0 atom stereocenters. The SMILES string of the molecule is COC(=O)/C=C/c1ccc(/C=C/C(=O)c2ccccc2)s1. The van der Waals surface area contributed by atoms with Crippen molar-refractivity contribution in [1.29, 1.82) is 0 Å². The van der Waals surface area contributed by atoms with E-state index in [9.17, 15) is 9.59 Å². The summed E-state index contributed by atoms with van der Waals surface area (Å²) in [5, 5.41) is 0. The molecule has 0 aliphatic carbocycles. The number of hydrogen-bond acceptors (Lipinski definition) is 4. The van der Waals surface area contributed by atoms with Gasteiger partial charge in [0.2, 0.25) is 0 Å². The van der Waals surface area contributed by atoms with Crippen LogP contribution in [0.25, 0.3) is 12.2 Å². The molecule has 1 aromatic carbocycles. The van der Waals surface area contributed by atoms with Crippen LogP contribution >= 0.6 is 11.3 Å². The van der Waals surface area contributed by atoms with Gasteiger partial charge in [0.25, 0.3) is 0 Å². The molecular weight excluding hydrogens is 284 g/mol. The lowest BCUT2D eigenvalue weighted by atomic mass is 10.1. The van der Waals surface area contributed by atoms with Crippen molar-refractivity contribution in [3.8, 4) is 0 Å². The first kappa shape index (κ1) is 14.9. The van der Waals surface area contributed by atoms with Crippen molar-refractivity contribution in [3.05, 3.63) is 69.9 Å². The molecule has 0 bridgehead atoms. The van der Waals surface area contributed by atoms with Crippen LogP contribution in [0.2, 0.25) is 0 Å². The van der Waals surface area contributed by atoms with Gasteiger partial charge in [0.1, 0.15) is 0 Å². The van der Waals surface area contributed by atoms with E-state index in [0.29, 0.717) is 5.56 Å². The Morgan fingerprint density at radius 3 is 2.19 bits per heavy atom. The molecule has 0 fully saturated rings. The number of thiophene rings is 1. The standard InChI is InChI=1S/C17H14O3S/c1-20-17(19)12-10-15-8-7-14(21-15)9-11-16(18)13-5-3-2-4-6-13/h2-12H,1H3/b11-9+,12-10+. The Balaban J connectivity index is 2.02. The summed E-state index contributed by atoms with van der Waals surface area (Å²) in [5.41, 5.74) is 0.663. The fourth-order valence-corrected chi connectivity index (χ4v) is 2.44. The van der Waals surface area contributed by atoms with Crippen LogP contribution in [0.5, 0.6) is 0 Å². The van der Waals surface area contributed by atoms with Gasteiger partial charge in [-0.1, -0.05) is 30.3 Å². The molecule has 21 heavy (non-hydrogen) atoms. The zero-order valence-corrected chi connectivity index (χ0v) is 12.3. The number of carbonyl (C=O) groups excluding carboxylic acids is 2. The highest BCUT2D eigenvalue weighted by molar-refractivity contribution is 7.13. The van der Waals surface area contributed by atoms with Crippen LogP contribution in [-0.2, 0) is 9.53 Å². The second-order valence-corrected chi connectivity index (χ2v) is 5.31. The molecule has 0 aliphatic rings. The first-order valence-corrected chi connectivity index (χ1v) is 7.14. The molecule has 0 aliphatic heterocycles. The lowest BCUT2D eigenvalue weighted by Crippen LogP contribution is -1.92. The second-order valence-electron chi connectivity index (χ2n) is 4.16. The molecule has 3 nitrogen and oxygen atoms in total. The normalized spacial score (nSPS) is 11.1. The smallest absolute Gasteiger partial charge is 0.330 e. The Hall–Kier alpha value is -2.46. The number of ether oxygens (including phenoxy) is 1. The van der Waals surface area contributed by atoms with E-state index in [1.807, 2.05) is 30.3 Å². The maximum absolute atomic E-state index is 11.9. The minimum absolute atomic E-state index is 0.0318. The summed E-state index contributed by atoms with van der Waals surface area (Å²) in [5.74, 6) is -0.421. The van der Waals surface area contributed by atoms with E-state index in [0.717, 1.165) is 9.75 Å². The topological polar surface area (TPSA) is 43.4 Å². The molecule has 4 heteroatoms. The molecule has 2 aromatic rings. The summed E-state index contributed by atoms with van der Waals surface area (Å²) in [7, 11) is 1.34. The van der Waals surface area contributed by atoms with Gasteiger partial charge in [0, 0.05) is 21.4 Å². The summed E-state index contributed by atoms with van der Waals surface area (Å²) >= 11 is 1.49. The van der Waals surface area contributed by atoms with Crippen LogP contribution in [-0.4, -0.2) is 18.9 Å². The maximum Gasteiger partial charge on any atom is 0.330 e. The van der Waals surface area contributed by atoms with E-state index in [4.69, 9.17) is 0 Å². The van der Waals surface area contributed by atoms with Crippen molar-refractivity contribution in [2.24, 2.45) is 0 Å². The highest BCUT2D eigenvalue weighted by atomic mass is 32.1. The Morgan fingerprint density at radius 2 is 1.57 bits per heavy atom. The fraction of sp³-hybridized carbons (Fsp3) is 0.0588. The highest BCUT2D eigenvalue weighted by Gasteiger charge is 2.00. The van der Waals surface area contributed by atoms with Crippen molar-refractivity contribution in [3.63, 3.8) is 0 Å². The summed E-state index contributed by atoms with van der Waals surface area (Å²) < 4.78 is 4.53. The summed E-state index contributed by atoms with van der Waals surface area (Å²) in [6.45, 7) is 0. The third-order valence-corrected chi connectivity index (χ3v) is 3.71. The van der Waals surface area contributed by atoms with E-state index < -0.39 is 0 Å². The van der Waals surface area contributed by atoms with Gasteiger partial charge in [0.05, 0.1) is 7.11 Å². The number of hydrogen-bond donors (Lipinski definition) is 0. The van der Waals surface area contributed by atoms with Gasteiger partial charge in [-0.25, -0.2) is 4.79 Å². The summed E-state index contributed by atoms with van der Waals surface area (Å²) in [6.07, 6.45) is 6.38. The molecule has 1 heterocycles. The molecule has 0 radical (unpaired) electrons. The van der Waals surface area contributed by atoms with Crippen molar-refractivity contribution in [2.75, 3.05) is 7.11 Å². The molecule has 106 valence electrons. The van der Waals surface area contributed by atoms with Crippen molar-refractivity contribution >= 4 is 35.2 Å². The van der Waals surface area contributed by atoms with E-state index >= 15 is 0 Å². The van der Waals surface area contributed by atoms with Crippen molar-refractivity contribution in [2.45, 2.75) is 0 Å². The molecule has 0 N–H and O–H groups in total. The summed E-state index contributed by atoms with van der Waals surface area (Å²) in [4.78, 5) is 24.8. The molecule has 0 saturated heterocycles. The number of rotatable bonds is 5. The first-order valence-electron chi connectivity index (χ1n) is 6.32. The van der Waals surface area contributed by atoms with Gasteiger partial charge in [0.15, 0.2) is 5.78 Å². The zero-order chi connectivity index (χ0) is 15.1. The lowest BCUT2D eigenvalue weighted by Gasteiger charge is -1.93. The van der Waals surface area contributed by atoms with Crippen LogP contribution < -0.4 is 0 Å². The van der Waals surface area contributed by atoms with Crippen molar-refractivity contribution in [1.82, 2.24) is 0 Å². The molecular formula is C17H14O3S. The number of allylic oxidation sites excluding steroid dienone is 1. The number of benzene rings is 1. The van der Waals surface area contributed by atoms with Crippen LogP contribution in [0.15, 0.2) is 54.6 Å². The van der Waals surface area contributed by atoms with E-state index in [1.54, 1.807) is 30.4 Å². The van der Waals surface area contributed by atoms with E-state index in [-0.39, 0.29) is 11.8 Å². The second kappa shape index (κ2) is 7.36. The lowest BCUT2D eigenvalue weighted by molar-refractivity contribution is -0.134. The van der Waals surface area contributed by atoms with Crippen LogP contribution in [0.1, 0.15) is 20.1 Å². The molecule has 0 unspecified atom stereocenters. The van der Waals surface area contributed by atoms with Gasteiger partial charge in [-0.2, -0.15) is 0 Å². The fourth-order valence-electron chi connectivity index (χ4n) is 1.62. The molecule has 1 aromatic heterocycles. The minimum Gasteiger partial charge on any atom is -0.466 e. The Morgan fingerprint density at radius 1 is 0.952 bits per heavy atom. The van der Waals surface area contributed by atoms with Crippen molar-refractivity contribution < 1.29 is 14.3 Å². The number of carbonyl (C=O) groups is 2. The molecule has 2 rings (SSSR count). The number of esters is 1. The van der Waals surface area contributed by atoms with Gasteiger partial charge < -0.3 is 4.74 Å².